The van der Waals surface area contributed by atoms with Crippen molar-refractivity contribution in [1.82, 2.24) is 0 Å². The van der Waals surface area contributed by atoms with Crippen LogP contribution in [0.3, 0.4) is 0 Å². The molecule has 0 spiro atoms. The van der Waals surface area contributed by atoms with Gasteiger partial charge in [-0.2, -0.15) is 0 Å². The number of ether oxygens (including phenoxy) is 8. The summed E-state index contributed by atoms with van der Waals surface area (Å²) in [6.45, 7) is 21.2. The molecule has 0 aliphatic rings. The minimum Gasteiger partial charge on any atom is -0.489 e. The van der Waals surface area contributed by atoms with Gasteiger partial charge >= 0.3 is 5.97 Å². The van der Waals surface area contributed by atoms with E-state index in [1.165, 1.54) is 0 Å². The zero-order chi connectivity index (χ0) is 49.3. The molecule has 9 nitrogen and oxygen atoms in total. The quantitative estimate of drug-likeness (QED) is 0.0475. The highest BCUT2D eigenvalue weighted by Crippen LogP contribution is 2.60. The monoisotopic (exact) mass is 957 g/mol. The van der Waals surface area contributed by atoms with Crippen molar-refractivity contribution >= 4 is 16.7 Å². The lowest BCUT2D eigenvalue weighted by atomic mass is 9.97. The molecular weight excluding hydrogens is 853 g/mol. The average molecular weight is 957 g/mol. The summed E-state index contributed by atoms with van der Waals surface area (Å²) in [7, 11) is 0. The largest absolute Gasteiger partial charge is 0.489 e. The molecule has 0 atom stereocenters. The summed E-state index contributed by atoms with van der Waals surface area (Å²) in [4.78, 5) is 15.3. The minimum absolute atomic E-state index is 0.289. The van der Waals surface area contributed by atoms with Crippen LogP contribution in [0.15, 0.2) is 0 Å². The zero-order valence-electron chi connectivity index (χ0n) is 45.5. The van der Waals surface area contributed by atoms with E-state index in [9.17, 15) is 0 Å². The first-order valence-electron chi connectivity index (χ1n) is 28.8. The first-order chi connectivity index (χ1) is 33.5. The number of benzene rings is 2. The van der Waals surface area contributed by atoms with Gasteiger partial charge in [-0.15, -0.1) is 0 Å². The van der Waals surface area contributed by atoms with Crippen molar-refractivity contribution in [3.05, 3.63) is 5.56 Å². The highest BCUT2D eigenvalue weighted by molar-refractivity contribution is 6.16. The van der Waals surface area contributed by atoms with E-state index in [-0.39, 0.29) is 5.56 Å². The molecule has 2 rings (SSSR count). The van der Waals surface area contributed by atoms with Crippen molar-refractivity contribution in [2.24, 2.45) is 0 Å². The van der Waals surface area contributed by atoms with Gasteiger partial charge in [-0.1, -0.05) is 209 Å². The molecule has 0 saturated carbocycles. The van der Waals surface area contributed by atoms with Gasteiger partial charge in [0.1, 0.15) is 5.56 Å². The Balaban J connectivity index is 3.35. The Kier molecular flexibility index (Phi) is 37.2. The summed E-state index contributed by atoms with van der Waals surface area (Å²) in [6.07, 6.45) is 32.9. The first kappa shape index (κ1) is 60.9. The van der Waals surface area contributed by atoms with Gasteiger partial charge in [0.15, 0.2) is 23.0 Å². The van der Waals surface area contributed by atoms with E-state index in [2.05, 4.69) is 55.4 Å². The van der Waals surface area contributed by atoms with E-state index in [1.807, 2.05) is 0 Å². The van der Waals surface area contributed by atoms with Gasteiger partial charge in [-0.25, -0.2) is 4.79 Å². The molecule has 0 aromatic heterocycles. The van der Waals surface area contributed by atoms with Gasteiger partial charge in [0, 0.05) is 0 Å². The molecular formula is C59H104O9. The number of carbonyl (C=O) groups excluding carboxylic acids is 1. The molecule has 394 valence electrons. The number of fused-ring (bicyclic) bond motifs is 1. The van der Waals surface area contributed by atoms with Gasteiger partial charge < -0.3 is 37.9 Å². The molecule has 0 aliphatic carbocycles. The molecule has 2 aromatic rings. The van der Waals surface area contributed by atoms with E-state index in [0.29, 0.717) is 104 Å². The fourth-order valence-corrected chi connectivity index (χ4v) is 8.39. The van der Waals surface area contributed by atoms with Gasteiger partial charge in [0.25, 0.3) is 0 Å². The summed E-state index contributed by atoms with van der Waals surface area (Å²) < 4.78 is 55.6. The second-order valence-corrected chi connectivity index (χ2v) is 19.0. The molecule has 9 heteroatoms. The van der Waals surface area contributed by atoms with Crippen LogP contribution in [-0.4, -0.2) is 58.8 Å². The van der Waals surface area contributed by atoms with Crippen LogP contribution in [0.1, 0.15) is 271 Å². The highest BCUT2D eigenvalue weighted by atomic mass is 16.6. The molecule has 0 aliphatic heterocycles. The predicted molar refractivity (Wildman–Crippen MR) is 286 cm³/mol. The second-order valence-electron chi connectivity index (χ2n) is 19.0. The average Bonchev–Trinajstić information content (AvgIpc) is 3.34. The fourth-order valence-electron chi connectivity index (χ4n) is 8.39. The van der Waals surface area contributed by atoms with Gasteiger partial charge in [0.2, 0.25) is 17.2 Å². The van der Waals surface area contributed by atoms with Crippen LogP contribution in [0, 0.1) is 0 Å². The number of carbonyl (C=O) groups is 1. The summed E-state index contributed by atoms with van der Waals surface area (Å²) >= 11 is 0. The van der Waals surface area contributed by atoms with E-state index in [0.717, 1.165) is 205 Å². The standard InChI is InChI=1S/C59H104O9/c1-9-17-25-33-41-61-52-49-50(54(63-43-35-27-19-11-3)58(67-47-39-31-23-15-7)57(52)66-46-38-30-22-14-6)53(62-42-34-26-18-10-2)56(65-45-37-29-21-13-5)55(64-44-36-28-20-12-4)51(49)59(60)68-48-40-32-24-16-8/h9-48H2,1-8H3. The van der Waals surface area contributed by atoms with Crippen LogP contribution in [0.4, 0.5) is 0 Å². The van der Waals surface area contributed by atoms with E-state index < -0.39 is 5.97 Å². The Bertz CT molecular complexity index is 1520. The zero-order valence-corrected chi connectivity index (χ0v) is 45.5. The van der Waals surface area contributed by atoms with E-state index in [1.54, 1.807) is 0 Å². The Morgan fingerprint density at radius 3 is 0.750 bits per heavy atom. The van der Waals surface area contributed by atoms with Crippen molar-refractivity contribution in [3.8, 4) is 40.2 Å². The number of hydrogen-bond donors (Lipinski definition) is 0. The third kappa shape index (κ3) is 23.6. The first-order valence-corrected chi connectivity index (χ1v) is 28.8. The van der Waals surface area contributed by atoms with Crippen LogP contribution < -0.4 is 33.2 Å². The topological polar surface area (TPSA) is 90.9 Å². The SMILES string of the molecule is CCCCCCOC(=O)c1c(OCCCCCC)c(OCCCCCC)c(OCCCCCC)c2c(OCCCCCC)c(OCCCCCC)c(OCCCCCC)c(OCCCCCC)c12. The maximum atomic E-state index is 15.3. The normalized spacial score (nSPS) is 11.3. The third-order valence-electron chi connectivity index (χ3n) is 12.6. The lowest BCUT2D eigenvalue weighted by molar-refractivity contribution is 0.0494. The Morgan fingerprint density at radius 1 is 0.250 bits per heavy atom. The van der Waals surface area contributed by atoms with Crippen molar-refractivity contribution < 1.29 is 42.7 Å². The Labute approximate surface area is 417 Å². The lowest BCUT2D eigenvalue weighted by Gasteiger charge is -2.28. The van der Waals surface area contributed by atoms with Crippen molar-refractivity contribution in [2.75, 3.05) is 52.9 Å². The number of rotatable bonds is 48. The highest BCUT2D eigenvalue weighted by Gasteiger charge is 2.37. The summed E-state index contributed by atoms with van der Waals surface area (Å²) in [5, 5.41) is 1.15. The third-order valence-corrected chi connectivity index (χ3v) is 12.6. The Morgan fingerprint density at radius 2 is 0.471 bits per heavy atom. The van der Waals surface area contributed by atoms with Gasteiger partial charge in [-0.3, -0.25) is 0 Å². The van der Waals surface area contributed by atoms with Crippen LogP contribution in [0.2, 0.25) is 0 Å². The molecule has 0 amide bonds. The summed E-state index contributed by atoms with van der Waals surface area (Å²) in [5.74, 6) is 2.82. The molecule has 68 heavy (non-hydrogen) atoms. The van der Waals surface area contributed by atoms with Gasteiger partial charge in [-0.05, 0) is 51.4 Å². The molecule has 0 bridgehead atoms. The van der Waals surface area contributed by atoms with E-state index in [4.69, 9.17) is 37.9 Å². The summed E-state index contributed by atoms with van der Waals surface area (Å²) in [6, 6.07) is 0. The molecule has 0 fully saturated rings. The fraction of sp³-hybridized carbons (Fsp3) is 0.814. The molecule has 0 N–H and O–H groups in total. The molecule has 0 unspecified atom stereocenters. The number of unbranched alkanes of at least 4 members (excludes halogenated alkanes) is 24. The number of hydrogen-bond acceptors (Lipinski definition) is 9. The van der Waals surface area contributed by atoms with Crippen LogP contribution in [0.5, 0.6) is 40.2 Å². The molecule has 0 heterocycles. The number of esters is 1. The van der Waals surface area contributed by atoms with Crippen LogP contribution in [-0.2, 0) is 4.74 Å². The lowest BCUT2D eigenvalue weighted by Crippen LogP contribution is -2.16. The maximum Gasteiger partial charge on any atom is 0.342 e. The maximum absolute atomic E-state index is 15.3. The van der Waals surface area contributed by atoms with Crippen molar-refractivity contribution in [2.45, 2.75) is 261 Å². The van der Waals surface area contributed by atoms with Crippen molar-refractivity contribution in [1.29, 1.82) is 0 Å². The minimum atomic E-state index is -0.466. The Hall–Kier alpha value is -3.23. The van der Waals surface area contributed by atoms with Crippen LogP contribution in [0.25, 0.3) is 10.8 Å². The molecule has 2 aromatic carbocycles. The molecule has 0 saturated heterocycles. The van der Waals surface area contributed by atoms with Gasteiger partial charge in [0.05, 0.1) is 63.6 Å². The van der Waals surface area contributed by atoms with Crippen LogP contribution >= 0.6 is 0 Å². The summed E-state index contributed by atoms with van der Waals surface area (Å²) in [5.41, 5.74) is 0.289. The predicted octanol–water partition coefficient (Wildman–Crippen LogP) is 18.3. The second kappa shape index (κ2) is 41.5. The van der Waals surface area contributed by atoms with Crippen molar-refractivity contribution in [3.63, 3.8) is 0 Å². The smallest absolute Gasteiger partial charge is 0.342 e. The van der Waals surface area contributed by atoms with E-state index >= 15 is 4.79 Å². The molecule has 0 radical (unpaired) electrons.